The molecule has 6 N–H and O–H groups in total. The zero-order valence-electron chi connectivity index (χ0n) is 20.4. The summed E-state index contributed by atoms with van der Waals surface area (Å²) in [5, 5.41) is 22.0. The molecule has 0 aliphatic rings. The Labute approximate surface area is 225 Å². The third kappa shape index (κ3) is 12.9. The number of nitrogens with one attached hydrogen (secondary N) is 3. The van der Waals surface area contributed by atoms with Gasteiger partial charge in [-0.15, -0.1) is 26.3 Å². The van der Waals surface area contributed by atoms with Gasteiger partial charge in [0.15, 0.2) is 0 Å². The Hall–Kier alpha value is -5.20. The van der Waals surface area contributed by atoms with Crippen molar-refractivity contribution in [2.45, 2.75) is 25.8 Å². The number of hydrogen-bond donors (Lipinski definition) is 5. The minimum absolute atomic E-state index is 0.0210. The van der Waals surface area contributed by atoms with Crippen LogP contribution in [0, 0.1) is 0 Å². The molecular weight excluding hydrogens is 570 g/mol. The van der Waals surface area contributed by atoms with Crippen molar-refractivity contribution in [3.05, 3.63) is 84.0 Å². The Balaban J connectivity index is 0.000000239. The molecular formula is C22H20F6N8O5. The minimum atomic E-state index is -4.75. The third-order valence-corrected chi connectivity index (χ3v) is 4.20. The van der Waals surface area contributed by atoms with Crippen molar-refractivity contribution in [1.82, 2.24) is 35.7 Å². The summed E-state index contributed by atoms with van der Waals surface area (Å²) >= 11 is 0. The molecule has 220 valence electrons. The fraction of sp³-hybridized carbons (Fsp3) is 0.182. The Bertz CT molecular complexity index is 1370. The molecule has 2 aromatic heterocycles. The van der Waals surface area contributed by atoms with Gasteiger partial charge in [0.2, 0.25) is 11.6 Å². The van der Waals surface area contributed by atoms with Crippen LogP contribution in [0.4, 0.5) is 26.3 Å². The average molecular weight is 590 g/mol. The first-order valence-corrected chi connectivity index (χ1v) is 10.9. The van der Waals surface area contributed by atoms with Gasteiger partial charge in [-0.3, -0.25) is 15.0 Å². The summed E-state index contributed by atoms with van der Waals surface area (Å²) in [7, 11) is 0. The second-order valence-corrected chi connectivity index (χ2v) is 7.25. The lowest BCUT2D eigenvalue weighted by Gasteiger charge is -2.10. The number of carbonyl (C=O) groups excluding carboxylic acids is 1. The molecule has 2 heterocycles. The van der Waals surface area contributed by atoms with Crippen LogP contribution in [-0.2, 0) is 13.1 Å². The molecule has 2 aromatic carbocycles. The molecule has 0 unspecified atom stereocenters. The van der Waals surface area contributed by atoms with E-state index in [1.807, 2.05) is 0 Å². The second-order valence-electron chi connectivity index (χ2n) is 7.25. The topological polar surface area (TPSA) is 194 Å². The van der Waals surface area contributed by atoms with Crippen molar-refractivity contribution in [1.29, 1.82) is 0 Å². The predicted molar refractivity (Wildman–Crippen MR) is 125 cm³/mol. The zero-order chi connectivity index (χ0) is 30.5. The van der Waals surface area contributed by atoms with Gasteiger partial charge in [0, 0.05) is 13.1 Å². The first-order valence-electron chi connectivity index (χ1n) is 10.9. The molecule has 4 rings (SSSR count). The van der Waals surface area contributed by atoms with Gasteiger partial charge in [-0.25, -0.2) is 14.8 Å². The van der Waals surface area contributed by atoms with Crippen molar-refractivity contribution in [2.24, 2.45) is 5.73 Å². The molecule has 0 radical (unpaired) electrons. The Morgan fingerprint density at radius 1 is 0.829 bits per heavy atom. The highest BCUT2D eigenvalue weighted by Crippen LogP contribution is 2.24. The summed E-state index contributed by atoms with van der Waals surface area (Å²) < 4.78 is 78.8. The first kappa shape index (κ1) is 32.0. The molecule has 0 bridgehead atoms. The van der Waals surface area contributed by atoms with Gasteiger partial charge in [0.05, 0.1) is 0 Å². The van der Waals surface area contributed by atoms with Crippen molar-refractivity contribution in [2.75, 3.05) is 0 Å². The molecule has 13 nitrogen and oxygen atoms in total. The van der Waals surface area contributed by atoms with Gasteiger partial charge < -0.3 is 25.6 Å². The lowest BCUT2D eigenvalue weighted by Crippen LogP contribution is -2.24. The SMILES string of the molecule is NCc1cccc(OC(F)(F)F)c1.O=C(NCc1cccc(OC(F)(F)F)c1)c1ncn[nH]1.O=C(O)c1ncn[nH]1. The van der Waals surface area contributed by atoms with Crippen LogP contribution in [0.25, 0.3) is 0 Å². The Kier molecular flexibility index (Phi) is 11.6. The molecule has 4 aromatic rings. The summed E-state index contributed by atoms with van der Waals surface area (Å²) in [6.45, 7) is 0.226. The number of nitrogens with zero attached hydrogens (tertiary/aromatic N) is 4. The predicted octanol–water partition coefficient (Wildman–Crippen LogP) is 3.18. The van der Waals surface area contributed by atoms with Gasteiger partial charge in [0.25, 0.3) is 5.91 Å². The molecule has 0 aliphatic carbocycles. The maximum Gasteiger partial charge on any atom is 0.573 e. The number of ether oxygens (including phenoxy) is 2. The molecule has 0 fully saturated rings. The van der Waals surface area contributed by atoms with Crippen LogP contribution in [0.3, 0.4) is 0 Å². The van der Waals surface area contributed by atoms with Gasteiger partial charge in [-0.2, -0.15) is 10.2 Å². The Morgan fingerprint density at radius 3 is 1.73 bits per heavy atom. The first-order chi connectivity index (χ1) is 19.3. The number of H-pyrrole nitrogens is 2. The zero-order valence-corrected chi connectivity index (χ0v) is 20.4. The average Bonchev–Trinajstić information content (AvgIpc) is 3.62. The highest BCUT2D eigenvalue weighted by Gasteiger charge is 2.31. The molecule has 0 spiro atoms. The van der Waals surface area contributed by atoms with Crippen LogP contribution in [0.2, 0.25) is 0 Å². The van der Waals surface area contributed by atoms with Crippen LogP contribution in [0.15, 0.2) is 61.2 Å². The standard InChI is InChI=1S/C11H9F3N4O2.C8H8F3NO.C3H3N3O2/c12-11(13,14)20-8-3-1-2-7(4-8)5-15-10(19)9-16-6-17-18-9;9-8(10,11)13-7-3-1-2-6(4-7)5-12;7-3(8)2-4-1-5-6-2/h1-4,6H,5H2,(H,15,19)(H,16,17,18);1-4H,5,12H2;1H,(H,7,8)(H,4,5,6). The maximum atomic E-state index is 12.1. The number of hydrogen-bond acceptors (Lipinski definition) is 9. The molecule has 0 saturated carbocycles. The number of aromatic amines is 2. The number of aromatic carboxylic acids is 1. The molecule has 1 amide bonds. The Morgan fingerprint density at radius 2 is 1.32 bits per heavy atom. The number of aromatic nitrogens is 6. The largest absolute Gasteiger partial charge is 0.573 e. The summed E-state index contributed by atoms with van der Waals surface area (Å²) in [4.78, 5) is 28.5. The van der Waals surface area contributed by atoms with E-state index in [4.69, 9.17) is 10.8 Å². The number of halogens is 6. The summed E-state index contributed by atoms with van der Waals surface area (Å²) in [5.74, 6) is -2.30. The minimum Gasteiger partial charge on any atom is -0.475 e. The normalized spacial score (nSPS) is 10.8. The number of benzene rings is 2. The van der Waals surface area contributed by atoms with Gasteiger partial charge in [0.1, 0.15) is 24.2 Å². The maximum absolute atomic E-state index is 12.1. The summed E-state index contributed by atoms with van der Waals surface area (Å²) in [5.41, 5.74) is 6.30. The van der Waals surface area contributed by atoms with Crippen LogP contribution < -0.4 is 20.5 Å². The van der Waals surface area contributed by atoms with E-state index in [0.29, 0.717) is 11.1 Å². The summed E-state index contributed by atoms with van der Waals surface area (Å²) in [6, 6.07) is 10.9. The number of nitrogens with two attached hydrogens (primary N) is 1. The lowest BCUT2D eigenvalue weighted by atomic mass is 10.2. The molecule has 0 atom stereocenters. The fourth-order valence-corrected chi connectivity index (χ4v) is 2.61. The lowest BCUT2D eigenvalue weighted by molar-refractivity contribution is -0.275. The number of alkyl halides is 6. The fourth-order valence-electron chi connectivity index (χ4n) is 2.61. The van der Waals surface area contributed by atoms with Gasteiger partial charge >= 0.3 is 18.7 Å². The molecule has 19 heteroatoms. The quantitative estimate of drug-likeness (QED) is 0.200. The summed E-state index contributed by atoms with van der Waals surface area (Å²) in [6.07, 6.45) is -7.08. The van der Waals surface area contributed by atoms with Crippen LogP contribution >= 0.6 is 0 Å². The van der Waals surface area contributed by atoms with E-state index in [2.05, 4.69) is 45.2 Å². The number of carboxylic acid groups (broad SMARTS) is 1. The van der Waals surface area contributed by atoms with Crippen molar-refractivity contribution < 1.29 is 50.5 Å². The van der Waals surface area contributed by atoms with Crippen LogP contribution in [-0.4, -0.2) is 60.1 Å². The van der Waals surface area contributed by atoms with Crippen LogP contribution in [0.5, 0.6) is 11.5 Å². The van der Waals surface area contributed by atoms with Gasteiger partial charge in [-0.1, -0.05) is 24.3 Å². The van der Waals surface area contributed by atoms with Crippen molar-refractivity contribution in [3.8, 4) is 11.5 Å². The monoisotopic (exact) mass is 590 g/mol. The molecule has 0 aliphatic heterocycles. The van der Waals surface area contributed by atoms with E-state index < -0.39 is 24.6 Å². The number of carbonyl (C=O) groups is 2. The van der Waals surface area contributed by atoms with Gasteiger partial charge in [-0.05, 0) is 35.4 Å². The van der Waals surface area contributed by atoms with E-state index in [0.717, 1.165) is 6.33 Å². The highest BCUT2D eigenvalue weighted by molar-refractivity contribution is 5.90. The highest BCUT2D eigenvalue weighted by atomic mass is 19.4. The van der Waals surface area contributed by atoms with Crippen LogP contribution in [0.1, 0.15) is 32.4 Å². The van der Waals surface area contributed by atoms with E-state index >= 15 is 0 Å². The third-order valence-electron chi connectivity index (χ3n) is 4.20. The van der Waals surface area contributed by atoms with E-state index in [-0.39, 0.29) is 36.2 Å². The van der Waals surface area contributed by atoms with E-state index in [1.54, 1.807) is 12.1 Å². The number of carboxylic acids is 1. The van der Waals surface area contributed by atoms with E-state index in [1.165, 1.54) is 42.7 Å². The van der Waals surface area contributed by atoms with Crippen molar-refractivity contribution >= 4 is 11.9 Å². The molecule has 0 saturated heterocycles. The number of rotatable bonds is 7. The smallest absolute Gasteiger partial charge is 0.475 e. The molecule has 41 heavy (non-hydrogen) atoms. The number of amides is 1. The second kappa shape index (κ2) is 14.8. The van der Waals surface area contributed by atoms with Crippen molar-refractivity contribution in [3.63, 3.8) is 0 Å². The van der Waals surface area contributed by atoms with E-state index in [9.17, 15) is 35.9 Å².